The highest BCUT2D eigenvalue weighted by atomic mass is 32.2. The Morgan fingerprint density at radius 2 is 1.81 bits per heavy atom. The first-order valence-corrected chi connectivity index (χ1v) is 9.06. The fraction of sp³-hybridized carbons (Fsp3) is 0.111. The highest BCUT2D eigenvalue weighted by molar-refractivity contribution is 7.97. The molecular formula is C18H14FN5OS. The predicted molar refractivity (Wildman–Crippen MR) is 96.0 cm³/mol. The van der Waals surface area contributed by atoms with E-state index in [1.807, 2.05) is 30.3 Å². The van der Waals surface area contributed by atoms with Crippen LogP contribution in [-0.2, 0) is 11.5 Å². The number of benzene rings is 2. The molecule has 8 heteroatoms. The zero-order valence-electron chi connectivity index (χ0n) is 13.6. The van der Waals surface area contributed by atoms with Crippen molar-refractivity contribution in [1.29, 1.82) is 0 Å². The van der Waals surface area contributed by atoms with Gasteiger partial charge in [-0.15, -0.1) is 16.9 Å². The average Bonchev–Trinajstić information content (AvgIpc) is 3.33. The molecule has 0 aliphatic rings. The Labute approximate surface area is 153 Å². The number of hydrogen-bond acceptors (Lipinski definition) is 6. The van der Waals surface area contributed by atoms with Crippen LogP contribution in [-0.4, -0.2) is 25.2 Å². The van der Waals surface area contributed by atoms with E-state index >= 15 is 0 Å². The summed E-state index contributed by atoms with van der Waals surface area (Å²) < 4.78 is 20.2. The predicted octanol–water partition coefficient (Wildman–Crippen LogP) is 3.89. The lowest BCUT2D eigenvalue weighted by atomic mass is 10.2. The first-order valence-electron chi connectivity index (χ1n) is 7.90. The maximum absolute atomic E-state index is 13.0. The molecule has 0 radical (unpaired) electrons. The van der Waals surface area contributed by atoms with Crippen LogP contribution in [0.2, 0.25) is 0 Å². The largest absolute Gasteiger partial charge is 0.444 e. The number of tetrazole rings is 1. The van der Waals surface area contributed by atoms with Crippen LogP contribution >= 0.6 is 11.8 Å². The molecule has 0 saturated heterocycles. The van der Waals surface area contributed by atoms with E-state index in [0.29, 0.717) is 17.4 Å². The van der Waals surface area contributed by atoms with E-state index in [-0.39, 0.29) is 5.82 Å². The Hall–Kier alpha value is -3.00. The van der Waals surface area contributed by atoms with Gasteiger partial charge in [-0.1, -0.05) is 18.2 Å². The van der Waals surface area contributed by atoms with Gasteiger partial charge < -0.3 is 4.42 Å². The number of nitrogens with zero attached hydrogens (tertiary/aromatic N) is 5. The summed E-state index contributed by atoms with van der Waals surface area (Å²) in [5.41, 5.74) is 2.48. The zero-order valence-corrected chi connectivity index (χ0v) is 14.4. The summed E-state index contributed by atoms with van der Waals surface area (Å²) in [6.45, 7) is 0. The second-order valence-corrected chi connectivity index (χ2v) is 6.47. The van der Waals surface area contributed by atoms with Crippen LogP contribution in [0.3, 0.4) is 0 Å². The third kappa shape index (κ3) is 3.65. The molecule has 0 unspecified atom stereocenters. The standard InChI is InChI=1S/C18H14FN5OS/c19-14-8-6-13(7-9-14)18-20-15(10-25-18)11-26-12-17-21-22-23-24(17)16-4-2-1-3-5-16/h1-10H,11-12H2. The molecule has 0 N–H and O–H groups in total. The van der Waals surface area contributed by atoms with Gasteiger partial charge in [0.05, 0.1) is 17.1 Å². The normalized spacial score (nSPS) is 11.0. The number of oxazole rings is 1. The van der Waals surface area contributed by atoms with E-state index in [2.05, 4.69) is 20.5 Å². The van der Waals surface area contributed by atoms with Gasteiger partial charge in [0.2, 0.25) is 5.89 Å². The van der Waals surface area contributed by atoms with Gasteiger partial charge in [0, 0.05) is 11.3 Å². The molecule has 0 atom stereocenters. The fourth-order valence-corrected chi connectivity index (χ4v) is 3.22. The molecule has 130 valence electrons. The molecule has 0 saturated carbocycles. The van der Waals surface area contributed by atoms with E-state index in [4.69, 9.17) is 4.42 Å². The molecule has 2 heterocycles. The number of aromatic nitrogens is 5. The van der Waals surface area contributed by atoms with Crippen LogP contribution in [0.25, 0.3) is 17.1 Å². The van der Waals surface area contributed by atoms with Crippen molar-refractivity contribution < 1.29 is 8.81 Å². The molecule has 2 aromatic heterocycles. The molecule has 0 amide bonds. The van der Waals surface area contributed by atoms with E-state index in [1.54, 1.807) is 34.8 Å². The molecule has 0 spiro atoms. The lowest BCUT2D eigenvalue weighted by Gasteiger charge is -2.03. The molecule has 0 fully saturated rings. The van der Waals surface area contributed by atoms with Crippen molar-refractivity contribution in [3.8, 4) is 17.1 Å². The fourth-order valence-electron chi connectivity index (χ4n) is 2.41. The van der Waals surface area contributed by atoms with Crippen molar-refractivity contribution >= 4 is 11.8 Å². The molecular weight excluding hydrogens is 353 g/mol. The highest BCUT2D eigenvalue weighted by Crippen LogP contribution is 2.22. The molecule has 4 rings (SSSR count). The minimum absolute atomic E-state index is 0.285. The van der Waals surface area contributed by atoms with Crippen molar-refractivity contribution in [1.82, 2.24) is 25.2 Å². The number of hydrogen-bond donors (Lipinski definition) is 0. The molecule has 4 aromatic rings. The van der Waals surface area contributed by atoms with Crippen molar-refractivity contribution in [2.45, 2.75) is 11.5 Å². The topological polar surface area (TPSA) is 69.6 Å². The van der Waals surface area contributed by atoms with Gasteiger partial charge >= 0.3 is 0 Å². The molecule has 0 aliphatic heterocycles. The number of para-hydroxylation sites is 1. The molecule has 26 heavy (non-hydrogen) atoms. The van der Waals surface area contributed by atoms with Crippen LogP contribution in [0, 0.1) is 5.82 Å². The maximum Gasteiger partial charge on any atom is 0.226 e. The van der Waals surface area contributed by atoms with Gasteiger partial charge in [0.1, 0.15) is 12.1 Å². The molecule has 0 aliphatic carbocycles. The summed E-state index contributed by atoms with van der Waals surface area (Å²) in [5, 5.41) is 11.9. The van der Waals surface area contributed by atoms with Crippen LogP contribution in [0.1, 0.15) is 11.5 Å². The van der Waals surface area contributed by atoms with Gasteiger partial charge in [-0.3, -0.25) is 0 Å². The third-order valence-electron chi connectivity index (χ3n) is 3.66. The van der Waals surface area contributed by atoms with E-state index in [0.717, 1.165) is 22.8 Å². The summed E-state index contributed by atoms with van der Waals surface area (Å²) >= 11 is 1.64. The van der Waals surface area contributed by atoms with Crippen molar-refractivity contribution in [2.24, 2.45) is 0 Å². The SMILES string of the molecule is Fc1ccc(-c2nc(CSCc3nnnn3-c3ccccc3)co2)cc1. The summed E-state index contributed by atoms with van der Waals surface area (Å²) in [4.78, 5) is 4.44. The Kier molecular flexibility index (Phi) is 4.74. The third-order valence-corrected chi connectivity index (χ3v) is 4.62. The van der Waals surface area contributed by atoms with Crippen LogP contribution in [0.5, 0.6) is 0 Å². The monoisotopic (exact) mass is 367 g/mol. The second-order valence-electron chi connectivity index (χ2n) is 5.49. The van der Waals surface area contributed by atoms with Crippen molar-refractivity contribution in [3.05, 3.63) is 78.2 Å². The Morgan fingerprint density at radius 1 is 1.00 bits per heavy atom. The number of halogens is 1. The van der Waals surface area contributed by atoms with Gasteiger partial charge in [-0.2, -0.15) is 4.68 Å². The summed E-state index contributed by atoms with van der Waals surface area (Å²) in [6.07, 6.45) is 1.62. The van der Waals surface area contributed by atoms with Gasteiger partial charge in [0.25, 0.3) is 0 Å². The first kappa shape index (κ1) is 16.5. The zero-order chi connectivity index (χ0) is 17.8. The lowest BCUT2D eigenvalue weighted by molar-refractivity contribution is 0.573. The molecule has 2 aromatic carbocycles. The van der Waals surface area contributed by atoms with Crippen LogP contribution in [0.15, 0.2) is 65.3 Å². The Balaban J connectivity index is 1.39. The second kappa shape index (κ2) is 7.49. The minimum atomic E-state index is -0.285. The van der Waals surface area contributed by atoms with Crippen molar-refractivity contribution in [2.75, 3.05) is 0 Å². The number of rotatable bonds is 6. The van der Waals surface area contributed by atoms with Gasteiger partial charge in [-0.25, -0.2) is 9.37 Å². The van der Waals surface area contributed by atoms with Gasteiger partial charge in [0.15, 0.2) is 5.82 Å². The first-order chi connectivity index (χ1) is 12.8. The summed E-state index contributed by atoms with van der Waals surface area (Å²) in [6, 6.07) is 15.8. The smallest absolute Gasteiger partial charge is 0.226 e. The average molecular weight is 367 g/mol. The van der Waals surface area contributed by atoms with Gasteiger partial charge in [-0.05, 0) is 46.8 Å². The van der Waals surface area contributed by atoms with E-state index < -0.39 is 0 Å². The van der Waals surface area contributed by atoms with E-state index in [1.165, 1.54) is 12.1 Å². The summed E-state index contributed by atoms with van der Waals surface area (Å²) in [7, 11) is 0. The quantitative estimate of drug-likeness (QED) is 0.515. The Bertz CT molecular complexity index is 984. The number of thioether (sulfide) groups is 1. The minimum Gasteiger partial charge on any atom is -0.444 e. The molecule has 6 nitrogen and oxygen atoms in total. The Morgan fingerprint density at radius 3 is 2.62 bits per heavy atom. The van der Waals surface area contributed by atoms with Crippen LogP contribution in [0.4, 0.5) is 4.39 Å². The summed E-state index contributed by atoms with van der Waals surface area (Å²) in [5.74, 6) is 2.26. The maximum atomic E-state index is 13.0. The van der Waals surface area contributed by atoms with E-state index in [9.17, 15) is 4.39 Å². The van der Waals surface area contributed by atoms with Crippen molar-refractivity contribution in [3.63, 3.8) is 0 Å². The highest BCUT2D eigenvalue weighted by Gasteiger charge is 2.10. The lowest BCUT2D eigenvalue weighted by Crippen LogP contribution is -2.02. The van der Waals surface area contributed by atoms with Crippen LogP contribution < -0.4 is 0 Å². The molecule has 0 bridgehead atoms.